The second kappa shape index (κ2) is 5.95. The quantitative estimate of drug-likeness (QED) is 0.933. The minimum absolute atomic E-state index is 0.0515. The molecule has 1 saturated heterocycles. The van der Waals surface area contributed by atoms with E-state index in [0.29, 0.717) is 12.0 Å². The van der Waals surface area contributed by atoms with Gasteiger partial charge in [0.2, 0.25) is 5.91 Å². The van der Waals surface area contributed by atoms with E-state index in [1.54, 1.807) is 6.07 Å². The number of amides is 1. The van der Waals surface area contributed by atoms with Gasteiger partial charge in [-0.05, 0) is 50.2 Å². The first-order valence-corrected chi connectivity index (χ1v) is 8.00. The van der Waals surface area contributed by atoms with Crippen molar-refractivity contribution in [3.63, 3.8) is 0 Å². The number of nitrogens with two attached hydrogens (primary N) is 1. The first kappa shape index (κ1) is 15.4. The zero-order valence-electron chi connectivity index (χ0n) is 12.8. The van der Waals surface area contributed by atoms with E-state index in [-0.39, 0.29) is 29.8 Å². The van der Waals surface area contributed by atoms with Gasteiger partial charge >= 0.3 is 0 Å². The van der Waals surface area contributed by atoms with Crippen LogP contribution in [0.15, 0.2) is 18.2 Å². The molecule has 1 aromatic rings. The number of hydrogen-bond donors (Lipinski definition) is 1. The van der Waals surface area contributed by atoms with Gasteiger partial charge in [0.15, 0.2) is 11.6 Å². The molecular formula is C17H22F2N2O. The van der Waals surface area contributed by atoms with Crippen molar-refractivity contribution in [3.8, 4) is 0 Å². The number of rotatable bonds is 3. The molecule has 0 spiro atoms. The molecule has 2 N–H and O–H groups in total. The van der Waals surface area contributed by atoms with Crippen molar-refractivity contribution in [1.29, 1.82) is 0 Å². The second-order valence-electron chi connectivity index (χ2n) is 6.55. The van der Waals surface area contributed by atoms with Gasteiger partial charge in [0, 0.05) is 24.5 Å². The lowest BCUT2D eigenvalue weighted by atomic mass is 9.96. The number of piperidine rings is 1. The third kappa shape index (κ3) is 2.74. The molecule has 120 valence electrons. The molecular weight excluding hydrogens is 286 g/mol. The number of nitrogens with zero attached hydrogens (tertiary/aromatic N) is 1. The van der Waals surface area contributed by atoms with E-state index in [1.807, 2.05) is 11.8 Å². The van der Waals surface area contributed by atoms with Crippen molar-refractivity contribution in [3.05, 3.63) is 35.4 Å². The van der Waals surface area contributed by atoms with E-state index >= 15 is 0 Å². The molecule has 0 bridgehead atoms. The third-order valence-electron chi connectivity index (χ3n) is 4.93. The lowest BCUT2D eigenvalue weighted by Gasteiger charge is -2.38. The summed E-state index contributed by atoms with van der Waals surface area (Å²) in [6, 6.07) is 4.19. The molecule has 3 rings (SSSR count). The highest BCUT2D eigenvalue weighted by atomic mass is 19.2. The van der Waals surface area contributed by atoms with Crippen LogP contribution in [-0.4, -0.2) is 29.4 Å². The Morgan fingerprint density at radius 1 is 1.36 bits per heavy atom. The molecule has 22 heavy (non-hydrogen) atoms. The van der Waals surface area contributed by atoms with E-state index in [4.69, 9.17) is 5.73 Å². The van der Waals surface area contributed by atoms with Crippen LogP contribution in [0.4, 0.5) is 8.78 Å². The number of halogens is 2. The molecule has 0 aromatic heterocycles. The minimum atomic E-state index is -0.845. The smallest absolute Gasteiger partial charge is 0.226 e. The summed E-state index contributed by atoms with van der Waals surface area (Å²) >= 11 is 0. The number of benzene rings is 1. The van der Waals surface area contributed by atoms with Crippen LogP contribution in [0.2, 0.25) is 0 Å². The Labute approximate surface area is 129 Å². The normalized spacial score (nSPS) is 29.3. The molecule has 1 amide bonds. The summed E-state index contributed by atoms with van der Waals surface area (Å²) < 4.78 is 27.2. The predicted molar refractivity (Wildman–Crippen MR) is 80.2 cm³/mol. The summed E-state index contributed by atoms with van der Waals surface area (Å²) in [7, 11) is 0. The van der Waals surface area contributed by atoms with Crippen LogP contribution in [0.5, 0.6) is 0 Å². The fourth-order valence-electron chi connectivity index (χ4n) is 3.61. The Hall–Kier alpha value is -1.49. The average Bonchev–Trinajstić information content (AvgIpc) is 3.29. The summed E-state index contributed by atoms with van der Waals surface area (Å²) in [6.07, 6.45) is 3.60. The predicted octanol–water partition coefficient (Wildman–Crippen LogP) is 2.80. The van der Waals surface area contributed by atoms with Crippen molar-refractivity contribution < 1.29 is 13.6 Å². The van der Waals surface area contributed by atoms with Gasteiger partial charge in [-0.15, -0.1) is 0 Å². The molecule has 5 heteroatoms. The highest BCUT2D eigenvalue weighted by Crippen LogP contribution is 2.50. The molecule has 1 aromatic carbocycles. The van der Waals surface area contributed by atoms with Gasteiger partial charge in [0.25, 0.3) is 0 Å². The summed E-state index contributed by atoms with van der Waals surface area (Å²) in [4.78, 5) is 14.6. The summed E-state index contributed by atoms with van der Waals surface area (Å²) in [6.45, 7) is 2.65. The molecule has 0 radical (unpaired) electrons. The van der Waals surface area contributed by atoms with Gasteiger partial charge in [-0.1, -0.05) is 12.1 Å². The highest BCUT2D eigenvalue weighted by molar-refractivity contribution is 5.83. The first-order valence-electron chi connectivity index (χ1n) is 8.00. The molecule has 4 atom stereocenters. The summed E-state index contributed by atoms with van der Waals surface area (Å²) in [5, 5.41) is 0. The molecule has 2 aliphatic rings. The lowest BCUT2D eigenvalue weighted by Crippen LogP contribution is -2.52. The van der Waals surface area contributed by atoms with E-state index in [9.17, 15) is 13.6 Å². The maximum absolute atomic E-state index is 13.9. The molecule has 2 fully saturated rings. The maximum Gasteiger partial charge on any atom is 0.226 e. The number of hydrogen-bond acceptors (Lipinski definition) is 2. The Morgan fingerprint density at radius 3 is 2.86 bits per heavy atom. The fraction of sp³-hybridized carbons (Fsp3) is 0.588. The monoisotopic (exact) mass is 308 g/mol. The standard InChI is InChI=1S/C17H22F2N2O/c1-10(20)15-7-2-3-8-21(15)17(22)13-9-12(13)11-5-4-6-14(18)16(11)19/h4-6,10,12-13,15H,2-3,7-9,20H2,1H3. The lowest BCUT2D eigenvalue weighted by molar-refractivity contribution is -0.136. The molecule has 1 heterocycles. The molecule has 1 aliphatic carbocycles. The SMILES string of the molecule is CC(N)C1CCCCN1C(=O)C1CC1c1cccc(F)c1F. The molecule has 4 unspecified atom stereocenters. The van der Waals surface area contributed by atoms with Crippen LogP contribution in [0.25, 0.3) is 0 Å². The topological polar surface area (TPSA) is 46.3 Å². The Balaban J connectivity index is 1.73. The van der Waals surface area contributed by atoms with Crippen LogP contribution in [0.3, 0.4) is 0 Å². The van der Waals surface area contributed by atoms with Crippen molar-refractivity contribution >= 4 is 5.91 Å². The summed E-state index contributed by atoms with van der Waals surface area (Å²) in [5.74, 6) is -2.03. The van der Waals surface area contributed by atoms with E-state index in [2.05, 4.69) is 0 Å². The molecule has 1 aliphatic heterocycles. The van der Waals surface area contributed by atoms with Crippen molar-refractivity contribution in [2.45, 2.75) is 50.6 Å². The highest BCUT2D eigenvalue weighted by Gasteiger charge is 2.48. The summed E-state index contributed by atoms with van der Waals surface area (Å²) in [5.41, 5.74) is 6.33. The fourth-order valence-corrected chi connectivity index (χ4v) is 3.61. The van der Waals surface area contributed by atoms with Gasteiger partial charge in [-0.2, -0.15) is 0 Å². The third-order valence-corrected chi connectivity index (χ3v) is 4.93. The Morgan fingerprint density at radius 2 is 2.14 bits per heavy atom. The minimum Gasteiger partial charge on any atom is -0.338 e. The number of carbonyl (C=O) groups is 1. The number of carbonyl (C=O) groups excluding carboxylic acids is 1. The zero-order valence-corrected chi connectivity index (χ0v) is 12.8. The first-order chi connectivity index (χ1) is 10.5. The van der Waals surface area contributed by atoms with Crippen molar-refractivity contribution in [2.75, 3.05) is 6.54 Å². The van der Waals surface area contributed by atoms with Gasteiger partial charge in [0.1, 0.15) is 0 Å². The van der Waals surface area contributed by atoms with Gasteiger partial charge < -0.3 is 10.6 Å². The van der Waals surface area contributed by atoms with Gasteiger partial charge in [-0.3, -0.25) is 4.79 Å². The van der Waals surface area contributed by atoms with Gasteiger partial charge in [-0.25, -0.2) is 8.78 Å². The van der Waals surface area contributed by atoms with Crippen LogP contribution < -0.4 is 5.73 Å². The average molecular weight is 308 g/mol. The van der Waals surface area contributed by atoms with E-state index < -0.39 is 11.6 Å². The van der Waals surface area contributed by atoms with Crippen molar-refractivity contribution in [2.24, 2.45) is 11.7 Å². The molecule has 1 saturated carbocycles. The van der Waals surface area contributed by atoms with Crippen LogP contribution in [-0.2, 0) is 4.79 Å². The van der Waals surface area contributed by atoms with Crippen LogP contribution in [0.1, 0.15) is 44.1 Å². The maximum atomic E-state index is 13.9. The van der Waals surface area contributed by atoms with Gasteiger partial charge in [0.05, 0.1) is 0 Å². The van der Waals surface area contributed by atoms with Crippen molar-refractivity contribution in [1.82, 2.24) is 4.90 Å². The zero-order chi connectivity index (χ0) is 15.9. The van der Waals surface area contributed by atoms with E-state index in [0.717, 1.165) is 31.9 Å². The largest absolute Gasteiger partial charge is 0.338 e. The van der Waals surface area contributed by atoms with Crippen LogP contribution in [0, 0.1) is 17.6 Å². The Bertz CT molecular complexity index is 576. The second-order valence-corrected chi connectivity index (χ2v) is 6.55. The Kier molecular flexibility index (Phi) is 4.17. The van der Waals surface area contributed by atoms with E-state index in [1.165, 1.54) is 6.07 Å². The van der Waals surface area contributed by atoms with Crippen LogP contribution >= 0.6 is 0 Å². The molecule has 3 nitrogen and oxygen atoms in total. The number of likely N-dealkylation sites (tertiary alicyclic amines) is 1.